The summed E-state index contributed by atoms with van der Waals surface area (Å²) in [4.78, 5) is 26.8. The van der Waals surface area contributed by atoms with E-state index in [1.807, 2.05) is 24.8 Å². The van der Waals surface area contributed by atoms with Crippen molar-refractivity contribution >= 4 is 5.91 Å². The number of hydrogen-bond acceptors (Lipinski definition) is 7. The van der Waals surface area contributed by atoms with E-state index in [1.54, 1.807) is 12.5 Å². The van der Waals surface area contributed by atoms with Gasteiger partial charge in [0.05, 0.1) is 12.7 Å². The van der Waals surface area contributed by atoms with Crippen molar-refractivity contribution in [2.45, 2.75) is 51.6 Å². The molecule has 1 unspecified atom stereocenters. The number of aryl methyl sites for hydroxylation is 2. The van der Waals surface area contributed by atoms with Gasteiger partial charge in [0.25, 0.3) is 0 Å². The highest BCUT2D eigenvalue weighted by atomic mass is 16.5. The second-order valence-corrected chi connectivity index (χ2v) is 6.77. The number of hydrogen-bond donors (Lipinski definition) is 0. The molecule has 8 heteroatoms. The number of ether oxygens (including phenoxy) is 1. The van der Waals surface area contributed by atoms with Crippen LogP contribution in [-0.2, 0) is 22.4 Å². The maximum atomic E-state index is 12.5. The van der Waals surface area contributed by atoms with Crippen LogP contribution in [0.2, 0.25) is 0 Å². The van der Waals surface area contributed by atoms with Crippen LogP contribution in [0.25, 0.3) is 0 Å². The van der Waals surface area contributed by atoms with Gasteiger partial charge >= 0.3 is 0 Å². The van der Waals surface area contributed by atoms with Gasteiger partial charge in [0.15, 0.2) is 5.82 Å². The number of aromatic nitrogens is 4. The van der Waals surface area contributed by atoms with E-state index in [0.717, 1.165) is 18.5 Å². The Labute approximate surface area is 153 Å². The molecule has 2 aromatic heterocycles. The molecule has 0 aromatic carbocycles. The highest BCUT2D eigenvalue weighted by Gasteiger charge is 2.24. The third-order valence-corrected chi connectivity index (χ3v) is 4.41. The number of amides is 1. The maximum Gasteiger partial charge on any atom is 0.227 e. The van der Waals surface area contributed by atoms with Crippen molar-refractivity contribution in [3.8, 4) is 0 Å². The van der Waals surface area contributed by atoms with Crippen LogP contribution in [-0.4, -0.2) is 56.7 Å². The fraction of sp³-hybridized carbons (Fsp3) is 0.611. The van der Waals surface area contributed by atoms with E-state index in [0.29, 0.717) is 44.3 Å². The molecular formula is C18H25N5O3. The minimum Gasteiger partial charge on any atom is -0.375 e. The zero-order valence-corrected chi connectivity index (χ0v) is 15.3. The third kappa shape index (κ3) is 5.08. The molecule has 1 saturated heterocycles. The first-order valence-electron chi connectivity index (χ1n) is 9.08. The first-order valence-corrected chi connectivity index (χ1v) is 9.08. The number of carbonyl (C=O) groups is 1. The molecule has 3 rings (SSSR count). The summed E-state index contributed by atoms with van der Waals surface area (Å²) in [6.07, 6.45) is 5.83. The average molecular weight is 359 g/mol. The Bertz CT molecular complexity index is 704. The molecule has 1 aliphatic rings. The van der Waals surface area contributed by atoms with Crippen LogP contribution in [0.1, 0.15) is 50.0 Å². The standard InChI is InChI=1S/C18H25N5O3/c1-13(2)18-21-16(26-22-18)5-6-17(24)23-9-10-25-15(11-23)4-3-14-7-8-19-12-20-14/h7-8,12-13,15H,3-6,9-11H2,1-2H3. The largest absolute Gasteiger partial charge is 0.375 e. The maximum absolute atomic E-state index is 12.5. The first kappa shape index (κ1) is 18.4. The van der Waals surface area contributed by atoms with Gasteiger partial charge in [-0.2, -0.15) is 4.98 Å². The SMILES string of the molecule is CC(C)c1noc(CCC(=O)N2CCOC(CCc3ccncn3)C2)n1. The highest BCUT2D eigenvalue weighted by Crippen LogP contribution is 2.14. The summed E-state index contributed by atoms with van der Waals surface area (Å²) in [6.45, 7) is 5.83. The molecule has 2 aromatic rings. The molecular weight excluding hydrogens is 334 g/mol. The van der Waals surface area contributed by atoms with E-state index < -0.39 is 0 Å². The van der Waals surface area contributed by atoms with Gasteiger partial charge in [0, 0.05) is 43.7 Å². The normalized spacial score (nSPS) is 17.7. The second-order valence-electron chi connectivity index (χ2n) is 6.77. The monoisotopic (exact) mass is 359 g/mol. The molecule has 0 spiro atoms. The lowest BCUT2D eigenvalue weighted by atomic mass is 10.1. The molecule has 140 valence electrons. The fourth-order valence-electron chi connectivity index (χ4n) is 2.87. The lowest BCUT2D eigenvalue weighted by Gasteiger charge is -2.33. The Kier molecular flexibility index (Phi) is 6.27. The minimum atomic E-state index is 0.0404. The second kappa shape index (κ2) is 8.84. The Morgan fingerprint density at radius 3 is 3.00 bits per heavy atom. The van der Waals surface area contributed by atoms with Gasteiger partial charge in [-0.25, -0.2) is 9.97 Å². The third-order valence-electron chi connectivity index (χ3n) is 4.41. The smallest absolute Gasteiger partial charge is 0.227 e. The highest BCUT2D eigenvalue weighted by molar-refractivity contribution is 5.76. The van der Waals surface area contributed by atoms with Crippen molar-refractivity contribution in [2.24, 2.45) is 0 Å². The summed E-state index contributed by atoms with van der Waals surface area (Å²) in [5, 5.41) is 3.93. The van der Waals surface area contributed by atoms with Crippen molar-refractivity contribution in [3.63, 3.8) is 0 Å². The quantitative estimate of drug-likeness (QED) is 0.743. The zero-order valence-electron chi connectivity index (χ0n) is 15.3. The number of morpholine rings is 1. The van der Waals surface area contributed by atoms with Gasteiger partial charge in [0.2, 0.25) is 11.8 Å². The van der Waals surface area contributed by atoms with Crippen molar-refractivity contribution < 1.29 is 14.1 Å². The van der Waals surface area contributed by atoms with Gasteiger partial charge < -0.3 is 14.2 Å². The Morgan fingerprint density at radius 1 is 1.38 bits per heavy atom. The van der Waals surface area contributed by atoms with Crippen LogP contribution >= 0.6 is 0 Å². The Balaban J connectivity index is 1.44. The summed E-state index contributed by atoms with van der Waals surface area (Å²) in [5.74, 6) is 1.53. The molecule has 1 atom stereocenters. The zero-order chi connectivity index (χ0) is 18.4. The molecule has 1 fully saturated rings. The van der Waals surface area contributed by atoms with Gasteiger partial charge in [-0.1, -0.05) is 19.0 Å². The number of carbonyl (C=O) groups excluding carboxylic acids is 1. The van der Waals surface area contributed by atoms with Crippen molar-refractivity contribution in [3.05, 3.63) is 36.0 Å². The lowest BCUT2D eigenvalue weighted by Crippen LogP contribution is -2.45. The Morgan fingerprint density at radius 2 is 2.27 bits per heavy atom. The molecule has 0 aliphatic carbocycles. The molecule has 26 heavy (non-hydrogen) atoms. The van der Waals surface area contributed by atoms with Gasteiger partial charge in [-0.15, -0.1) is 0 Å². The van der Waals surface area contributed by atoms with Crippen molar-refractivity contribution in [2.75, 3.05) is 19.7 Å². The fourth-order valence-corrected chi connectivity index (χ4v) is 2.87. The average Bonchev–Trinajstić information content (AvgIpc) is 3.15. The molecule has 8 nitrogen and oxygen atoms in total. The summed E-state index contributed by atoms with van der Waals surface area (Å²) < 4.78 is 11.0. The first-order chi connectivity index (χ1) is 12.6. The molecule has 1 amide bonds. The molecule has 0 bridgehead atoms. The van der Waals surface area contributed by atoms with Crippen LogP contribution in [0.15, 0.2) is 23.1 Å². The van der Waals surface area contributed by atoms with Crippen LogP contribution < -0.4 is 0 Å². The molecule has 0 radical (unpaired) electrons. The van der Waals surface area contributed by atoms with Gasteiger partial charge in [-0.3, -0.25) is 4.79 Å². The molecule has 0 saturated carbocycles. The van der Waals surface area contributed by atoms with E-state index in [9.17, 15) is 4.79 Å². The predicted octanol–water partition coefficient (Wildman–Crippen LogP) is 1.78. The number of rotatable bonds is 7. The van der Waals surface area contributed by atoms with Crippen molar-refractivity contribution in [1.29, 1.82) is 0 Å². The lowest BCUT2D eigenvalue weighted by molar-refractivity contribution is -0.139. The van der Waals surface area contributed by atoms with E-state index in [2.05, 4.69) is 20.1 Å². The summed E-state index contributed by atoms with van der Waals surface area (Å²) in [5.41, 5.74) is 0.990. The van der Waals surface area contributed by atoms with E-state index >= 15 is 0 Å². The summed E-state index contributed by atoms with van der Waals surface area (Å²) in [6, 6.07) is 1.90. The van der Waals surface area contributed by atoms with Crippen LogP contribution in [0, 0.1) is 0 Å². The summed E-state index contributed by atoms with van der Waals surface area (Å²) >= 11 is 0. The van der Waals surface area contributed by atoms with E-state index in [1.165, 1.54) is 0 Å². The van der Waals surface area contributed by atoms with Gasteiger partial charge in [-0.05, 0) is 18.9 Å². The molecule has 0 N–H and O–H groups in total. The molecule has 3 heterocycles. The van der Waals surface area contributed by atoms with Gasteiger partial charge in [0.1, 0.15) is 6.33 Å². The van der Waals surface area contributed by atoms with Crippen LogP contribution in [0.5, 0.6) is 0 Å². The van der Waals surface area contributed by atoms with Crippen LogP contribution in [0.4, 0.5) is 0 Å². The van der Waals surface area contributed by atoms with E-state index in [4.69, 9.17) is 9.26 Å². The van der Waals surface area contributed by atoms with Crippen molar-refractivity contribution in [1.82, 2.24) is 25.0 Å². The predicted molar refractivity (Wildman–Crippen MR) is 93.4 cm³/mol. The Hall–Kier alpha value is -2.35. The minimum absolute atomic E-state index is 0.0404. The van der Waals surface area contributed by atoms with E-state index in [-0.39, 0.29) is 17.9 Å². The van der Waals surface area contributed by atoms with Crippen LogP contribution in [0.3, 0.4) is 0 Å². The number of nitrogens with zero attached hydrogens (tertiary/aromatic N) is 5. The topological polar surface area (TPSA) is 94.2 Å². The summed E-state index contributed by atoms with van der Waals surface area (Å²) in [7, 11) is 0. The molecule has 1 aliphatic heterocycles.